The number of amides is 1. The largest absolute Gasteiger partial charge is 0.333 e. The fraction of sp³-hybridized carbons (Fsp3) is 0.250. The van der Waals surface area contributed by atoms with E-state index in [0.29, 0.717) is 17.3 Å². The van der Waals surface area contributed by atoms with Crippen LogP contribution >= 0.6 is 22.9 Å². The van der Waals surface area contributed by atoms with E-state index < -0.39 is 0 Å². The van der Waals surface area contributed by atoms with E-state index in [1.807, 2.05) is 41.3 Å². The van der Waals surface area contributed by atoms with Gasteiger partial charge in [-0.3, -0.25) is 9.78 Å². The van der Waals surface area contributed by atoms with Crippen molar-refractivity contribution in [2.24, 2.45) is 5.73 Å². The Balaban J connectivity index is 1.81. The predicted octanol–water partition coefficient (Wildman–Crippen LogP) is 4.09. The first-order chi connectivity index (χ1) is 13.2. The van der Waals surface area contributed by atoms with Gasteiger partial charge in [0, 0.05) is 42.1 Å². The fourth-order valence-electron chi connectivity index (χ4n) is 3.39. The summed E-state index contributed by atoms with van der Waals surface area (Å²) in [6, 6.07) is 11.4. The molecule has 3 aromatic rings. The van der Waals surface area contributed by atoms with Crippen molar-refractivity contribution in [1.29, 1.82) is 0 Å². The summed E-state index contributed by atoms with van der Waals surface area (Å²) in [7, 11) is 0. The van der Waals surface area contributed by atoms with Crippen molar-refractivity contribution in [1.82, 2.24) is 14.9 Å². The lowest BCUT2D eigenvalue weighted by atomic mass is 10.1. The highest BCUT2D eigenvalue weighted by atomic mass is 35.5. The smallest absolute Gasteiger partial charge is 0.274 e. The van der Waals surface area contributed by atoms with Crippen LogP contribution in [0.3, 0.4) is 0 Å². The van der Waals surface area contributed by atoms with E-state index in [1.165, 1.54) is 11.3 Å². The van der Waals surface area contributed by atoms with Crippen LogP contribution in [-0.2, 0) is 0 Å². The molecule has 0 bridgehead atoms. The van der Waals surface area contributed by atoms with Crippen LogP contribution in [0.15, 0.2) is 48.8 Å². The van der Waals surface area contributed by atoms with Crippen molar-refractivity contribution in [3.63, 3.8) is 0 Å². The predicted molar refractivity (Wildman–Crippen MR) is 109 cm³/mol. The normalized spacial score (nSPS) is 16.7. The van der Waals surface area contributed by atoms with Crippen molar-refractivity contribution >= 4 is 28.8 Å². The number of carbonyl (C=O) groups excluding carboxylic acids is 1. The Kier molecular flexibility index (Phi) is 5.20. The summed E-state index contributed by atoms with van der Waals surface area (Å²) in [6.45, 7) is 1.19. The topological polar surface area (TPSA) is 72.1 Å². The van der Waals surface area contributed by atoms with Crippen molar-refractivity contribution < 1.29 is 4.79 Å². The standard InChI is InChI=1S/C20H19ClN4OS/c21-15-6-1-4-13(10-15)18-17(20(26)25-9-3-7-16(25)11-22)24-19(27-18)14-5-2-8-23-12-14/h1-2,4-6,8,10,12,16H,3,7,9,11,22H2. The second-order valence-corrected chi connectivity index (χ2v) is 7.91. The molecular formula is C20H19ClN4OS. The molecule has 4 rings (SSSR count). The maximum atomic E-state index is 13.3. The molecule has 0 aliphatic carbocycles. The van der Waals surface area contributed by atoms with Gasteiger partial charge in [-0.2, -0.15) is 0 Å². The highest BCUT2D eigenvalue weighted by Gasteiger charge is 2.32. The molecule has 1 aliphatic heterocycles. The number of pyridine rings is 1. The first kappa shape index (κ1) is 18.1. The molecule has 2 aromatic heterocycles. The summed E-state index contributed by atoms with van der Waals surface area (Å²) in [6.07, 6.45) is 5.39. The van der Waals surface area contributed by atoms with Crippen molar-refractivity contribution in [3.8, 4) is 21.0 Å². The minimum Gasteiger partial charge on any atom is -0.333 e. The van der Waals surface area contributed by atoms with Gasteiger partial charge >= 0.3 is 0 Å². The summed E-state index contributed by atoms with van der Waals surface area (Å²) in [5.41, 5.74) is 8.11. The van der Waals surface area contributed by atoms with Crippen molar-refractivity contribution in [2.75, 3.05) is 13.1 Å². The van der Waals surface area contributed by atoms with Gasteiger partial charge in [-0.1, -0.05) is 23.7 Å². The Morgan fingerprint density at radius 3 is 2.89 bits per heavy atom. The number of benzene rings is 1. The van der Waals surface area contributed by atoms with E-state index in [2.05, 4.69) is 4.98 Å². The second kappa shape index (κ2) is 7.76. The lowest BCUT2D eigenvalue weighted by Gasteiger charge is -2.23. The number of aromatic nitrogens is 2. The average molecular weight is 399 g/mol. The van der Waals surface area contributed by atoms with E-state index in [1.54, 1.807) is 12.4 Å². The average Bonchev–Trinajstić information content (AvgIpc) is 3.35. The van der Waals surface area contributed by atoms with Crippen molar-refractivity contribution in [2.45, 2.75) is 18.9 Å². The van der Waals surface area contributed by atoms with Crippen LogP contribution in [0, 0.1) is 0 Å². The summed E-state index contributed by atoms with van der Waals surface area (Å²) in [5.74, 6) is -0.0654. The minimum atomic E-state index is -0.0654. The Hall–Kier alpha value is -2.28. The molecule has 0 spiro atoms. The Labute approximate surface area is 166 Å². The number of thiazole rings is 1. The number of hydrogen-bond donors (Lipinski definition) is 1. The maximum absolute atomic E-state index is 13.3. The molecule has 1 amide bonds. The van der Waals surface area contributed by atoms with Crippen molar-refractivity contribution in [3.05, 3.63) is 59.5 Å². The molecule has 3 heterocycles. The highest BCUT2D eigenvalue weighted by molar-refractivity contribution is 7.18. The number of likely N-dealkylation sites (tertiary alicyclic amines) is 1. The summed E-state index contributed by atoms with van der Waals surface area (Å²) >= 11 is 7.67. The van der Waals surface area contributed by atoms with Crippen LogP contribution in [0.1, 0.15) is 23.3 Å². The molecule has 0 saturated carbocycles. The van der Waals surface area contributed by atoms with Gasteiger partial charge < -0.3 is 10.6 Å². The zero-order valence-corrected chi connectivity index (χ0v) is 16.2. The van der Waals surface area contributed by atoms with Crippen LogP contribution in [0.25, 0.3) is 21.0 Å². The van der Waals surface area contributed by atoms with Gasteiger partial charge in [0.2, 0.25) is 0 Å². The van der Waals surface area contributed by atoms with Crippen LogP contribution in [0.5, 0.6) is 0 Å². The Morgan fingerprint density at radius 2 is 2.15 bits per heavy atom. The first-order valence-electron chi connectivity index (χ1n) is 8.85. The summed E-state index contributed by atoms with van der Waals surface area (Å²) < 4.78 is 0. The molecule has 1 atom stereocenters. The van der Waals surface area contributed by atoms with Crippen LogP contribution in [0.2, 0.25) is 5.02 Å². The van der Waals surface area contributed by atoms with Gasteiger partial charge in [-0.15, -0.1) is 11.3 Å². The lowest BCUT2D eigenvalue weighted by molar-refractivity contribution is 0.0737. The quantitative estimate of drug-likeness (QED) is 0.718. The van der Waals surface area contributed by atoms with Gasteiger partial charge in [-0.25, -0.2) is 4.98 Å². The second-order valence-electron chi connectivity index (χ2n) is 6.48. The molecule has 7 heteroatoms. The molecule has 27 heavy (non-hydrogen) atoms. The summed E-state index contributed by atoms with van der Waals surface area (Å²) in [4.78, 5) is 24.9. The number of carbonyl (C=O) groups is 1. The molecule has 1 aromatic carbocycles. The molecule has 2 N–H and O–H groups in total. The minimum absolute atomic E-state index is 0.0654. The number of rotatable bonds is 4. The Morgan fingerprint density at radius 1 is 1.30 bits per heavy atom. The third kappa shape index (κ3) is 3.60. The monoisotopic (exact) mass is 398 g/mol. The van der Waals surface area contributed by atoms with Gasteiger partial charge in [-0.05, 0) is 42.7 Å². The third-order valence-corrected chi connectivity index (χ3v) is 6.12. The molecule has 1 aliphatic rings. The van der Waals surface area contributed by atoms with Crippen LogP contribution < -0.4 is 5.73 Å². The zero-order valence-electron chi connectivity index (χ0n) is 14.6. The molecule has 1 saturated heterocycles. The fourth-order valence-corrected chi connectivity index (χ4v) is 4.62. The first-order valence-corrected chi connectivity index (χ1v) is 10.0. The SMILES string of the molecule is NCC1CCCN1C(=O)c1nc(-c2cccnc2)sc1-c1cccc(Cl)c1. The lowest BCUT2D eigenvalue weighted by Crippen LogP contribution is -2.40. The van der Waals surface area contributed by atoms with Gasteiger partial charge in [0.15, 0.2) is 0 Å². The third-order valence-electron chi connectivity index (χ3n) is 4.74. The maximum Gasteiger partial charge on any atom is 0.274 e. The van der Waals surface area contributed by atoms with Crippen LogP contribution in [0.4, 0.5) is 0 Å². The molecule has 138 valence electrons. The van der Waals surface area contributed by atoms with Crippen LogP contribution in [-0.4, -0.2) is 39.9 Å². The molecule has 1 fully saturated rings. The van der Waals surface area contributed by atoms with E-state index in [9.17, 15) is 4.79 Å². The molecule has 1 unspecified atom stereocenters. The van der Waals surface area contributed by atoms with E-state index in [0.717, 1.165) is 40.4 Å². The number of halogens is 1. The van der Waals surface area contributed by atoms with E-state index in [4.69, 9.17) is 22.3 Å². The Bertz CT molecular complexity index is 960. The van der Waals surface area contributed by atoms with E-state index >= 15 is 0 Å². The summed E-state index contributed by atoms with van der Waals surface area (Å²) in [5, 5.41) is 1.40. The van der Waals surface area contributed by atoms with Gasteiger partial charge in [0.25, 0.3) is 5.91 Å². The molecular weight excluding hydrogens is 380 g/mol. The van der Waals surface area contributed by atoms with Gasteiger partial charge in [0.05, 0.1) is 4.88 Å². The molecule has 5 nitrogen and oxygen atoms in total. The zero-order chi connectivity index (χ0) is 18.8. The van der Waals surface area contributed by atoms with E-state index in [-0.39, 0.29) is 11.9 Å². The molecule has 0 radical (unpaired) electrons. The van der Waals surface area contributed by atoms with Gasteiger partial charge in [0.1, 0.15) is 10.7 Å². The number of hydrogen-bond acceptors (Lipinski definition) is 5. The highest BCUT2D eigenvalue weighted by Crippen LogP contribution is 2.37. The number of nitrogens with two attached hydrogens (primary N) is 1. The number of nitrogens with zero attached hydrogens (tertiary/aromatic N) is 3.